The minimum Gasteiger partial charge on any atom is -0.298 e. The van der Waals surface area contributed by atoms with Crippen LogP contribution in [0.5, 0.6) is 0 Å². The highest BCUT2D eigenvalue weighted by molar-refractivity contribution is 5.72. The molecular formula is C19H30O3. The lowest BCUT2D eigenvalue weighted by atomic mass is 9.97. The molecule has 0 unspecified atom stereocenters. The van der Waals surface area contributed by atoms with E-state index in [2.05, 4.69) is 41.8 Å². The van der Waals surface area contributed by atoms with Crippen molar-refractivity contribution >= 4 is 5.97 Å². The van der Waals surface area contributed by atoms with Gasteiger partial charge in [-0.25, -0.2) is 4.79 Å². The highest BCUT2D eigenvalue weighted by atomic mass is 17.2. The first kappa shape index (κ1) is 18.7. The van der Waals surface area contributed by atoms with Crippen LogP contribution in [-0.4, -0.2) is 13.1 Å². The largest absolute Gasteiger partial charge is 0.346 e. The molecule has 0 radical (unpaired) electrons. The summed E-state index contributed by atoms with van der Waals surface area (Å²) in [6.07, 6.45) is 9.81. The van der Waals surface area contributed by atoms with Crippen molar-refractivity contribution in [2.45, 2.75) is 71.6 Å². The summed E-state index contributed by atoms with van der Waals surface area (Å²) in [7, 11) is 1.36. The van der Waals surface area contributed by atoms with Crippen LogP contribution in [0, 0.1) is 0 Å². The number of carbonyl (C=O) groups excluding carboxylic acids is 1. The van der Waals surface area contributed by atoms with Crippen LogP contribution in [0.2, 0.25) is 0 Å². The third-order valence-corrected chi connectivity index (χ3v) is 3.78. The summed E-state index contributed by atoms with van der Waals surface area (Å²) in [6, 6.07) is 6.57. The van der Waals surface area contributed by atoms with Crippen molar-refractivity contribution in [3.63, 3.8) is 0 Å². The molecular weight excluding hydrogens is 276 g/mol. The lowest BCUT2D eigenvalue weighted by Crippen LogP contribution is -2.08. The minimum atomic E-state index is -0.340. The van der Waals surface area contributed by atoms with E-state index in [9.17, 15) is 4.79 Å². The van der Waals surface area contributed by atoms with Gasteiger partial charge in [-0.2, -0.15) is 4.89 Å². The van der Waals surface area contributed by atoms with E-state index in [0.717, 1.165) is 18.4 Å². The van der Waals surface area contributed by atoms with Gasteiger partial charge in [-0.05, 0) is 42.4 Å². The number of benzene rings is 1. The Labute approximate surface area is 134 Å². The SMILES string of the molecule is CCCCCc1cc(CCCCC)cc(CC(=O)OOC)c1. The van der Waals surface area contributed by atoms with Crippen molar-refractivity contribution < 1.29 is 14.6 Å². The zero-order valence-electron chi connectivity index (χ0n) is 14.3. The van der Waals surface area contributed by atoms with E-state index in [-0.39, 0.29) is 12.4 Å². The van der Waals surface area contributed by atoms with Gasteiger partial charge in [0.2, 0.25) is 0 Å². The first-order valence-electron chi connectivity index (χ1n) is 8.54. The molecule has 3 nitrogen and oxygen atoms in total. The maximum atomic E-state index is 11.6. The van der Waals surface area contributed by atoms with E-state index >= 15 is 0 Å². The second kappa shape index (κ2) is 11.2. The predicted octanol–water partition coefficient (Wildman–Crippen LogP) is 4.80. The monoisotopic (exact) mass is 306 g/mol. The Hall–Kier alpha value is -1.35. The van der Waals surface area contributed by atoms with Crippen LogP contribution in [-0.2, 0) is 33.8 Å². The Morgan fingerprint density at radius 2 is 1.36 bits per heavy atom. The number of carbonyl (C=O) groups is 1. The Kier molecular flexibility index (Phi) is 9.56. The van der Waals surface area contributed by atoms with Crippen LogP contribution >= 0.6 is 0 Å². The van der Waals surface area contributed by atoms with Crippen LogP contribution in [0.4, 0.5) is 0 Å². The molecule has 0 aromatic heterocycles. The molecule has 22 heavy (non-hydrogen) atoms. The zero-order valence-corrected chi connectivity index (χ0v) is 14.3. The smallest absolute Gasteiger partial charge is 0.298 e. The Morgan fingerprint density at radius 3 is 1.82 bits per heavy atom. The third-order valence-electron chi connectivity index (χ3n) is 3.78. The Balaban J connectivity index is 2.76. The second-order valence-corrected chi connectivity index (χ2v) is 5.87. The van der Waals surface area contributed by atoms with Gasteiger partial charge in [0.25, 0.3) is 0 Å². The molecule has 0 saturated heterocycles. The van der Waals surface area contributed by atoms with E-state index in [1.165, 1.54) is 56.8 Å². The summed E-state index contributed by atoms with van der Waals surface area (Å²) in [5, 5.41) is 0. The van der Waals surface area contributed by atoms with Crippen LogP contribution in [0.25, 0.3) is 0 Å². The van der Waals surface area contributed by atoms with Gasteiger partial charge in [-0.15, -0.1) is 0 Å². The van der Waals surface area contributed by atoms with Crippen molar-refractivity contribution in [3.8, 4) is 0 Å². The van der Waals surface area contributed by atoms with Gasteiger partial charge in [0, 0.05) is 0 Å². The Morgan fingerprint density at radius 1 is 0.864 bits per heavy atom. The van der Waals surface area contributed by atoms with Crippen molar-refractivity contribution in [1.29, 1.82) is 0 Å². The summed E-state index contributed by atoms with van der Waals surface area (Å²) >= 11 is 0. The number of aryl methyl sites for hydroxylation is 2. The fourth-order valence-electron chi connectivity index (χ4n) is 2.68. The molecule has 0 aliphatic heterocycles. The van der Waals surface area contributed by atoms with Gasteiger partial charge in [0.15, 0.2) is 0 Å². The highest BCUT2D eigenvalue weighted by Crippen LogP contribution is 2.17. The van der Waals surface area contributed by atoms with Crippen LogP contribution in [0.15, 0.2) is 18.2 Å². The minimum absolute atomic E-state index is 0.274. The Bertz CT molecular complexity index is 412. The van der Waals surface area contributed by atoms with Gasteiger partial charge in [-0.1, -0.05) is 57.7 Å². The summed E-state index contributed by atoms with van der Waals surface area (Å²) in [4.78, 5) is 20.6. The fraction of sp³-hybridized carbons (Fsp3) is 0.632. The molecule has 1 rings (SSSR count). The highest BCUT2D eigenvalue weighted by Gasteiger charge is 2.08. The molecule has 0 aliphatic rings. The standard InChI is InChI=1S/C19H30O3/c1-4-6-8-10-16-12-17(11-9-7-5-2)14-18(13-16)15-19(20)22-21-3/h12-14H,4-11,15H2,1-3H3. The van der Waals surface area contributed by atoms with Crippen molar-refractivity contribution in [2.75, 3.05) is 7.11 Å². The molecule has 0 aliphatic carbocycles. The summed E-state index contributed by atoms with van der Waals surface area (Å²) in [5.74, 6) is -0.340. The van der Waals surface area contributed by atoms with E-state index in [0.29, 0.717) is 0 Å². The predicted molar refractivity (Wildman–Crippen MR) is 89.7 cm³/mol. The summed E-state index contributed by atoms with van der Waals surface area (Å²) < 4.78 is 0. The molecule has 0 heterocycles. The molecule has 0 bridgehead atoms. The molecule has 0 fully saturated rings. The van der Waals surface area contributed by atoms with E-state index < -0.39 is 0 Å². The average molecular weight is 306 g/mol. The molecule has 1 aromatic rings. The molecule has 0 atom stereocenters. The third kappa shape index (κ3) is 7.60. The molecule has 1 aromatic carbocycles. The van der Waals surface area contributed by atoms with E-state index in [4.69, 9.17) is 0 Å². The lowest BCUT2D eigenvalue weighted by Gasteiger charge is -2.10. The number of unbranched alkanes of at least 4 members (excludes halogenated alkanes) is 4. The molecule has 3 heteroatoms. The van der Waals surface area contributed by atoms with Crippen LogP contribution in [0.1, 0.15) is 69.1 Å². The topological polar surface area (TPSA) is 35.5 Å². The van der Waals surface area contributed by atoms with Gasteiger partial charge < -0.3 is 0 Å². The number of rotatable bonds is 11. The quantitative estimate of drug-likeness (QED) is 0.335. The maximum Gasteiger partial charge on any atom is 0.346 e. The maximum absolute atomic E-state index is 11.6. The lowest BCUT2D eigenvalue weighted by molar-refractivity contribution is -0.254. The van der Waals surface area contributed by atoms with Gasteiger partial charge in [0.1, 0.15) is 0 Å². The summed E-state index contributed by atoms with van der Waals surface area (Å²) in [6.45, 7) is 4.43. The van der Waals surface area contributed by atoms with Gasteiger partial charge >= 0.3 is 5.97 Å². The van der Waals surface area contributed by atoms with Gasteiger partial charge in [-0.3, -0.25) is 4.89 Å². The molecule has 0 N–H and O–H groups in total. The molecule has 124 valence electrons. The molecule has 0 amide bonds. The van der Waals surface area contributed by atoms with Crippen molar-refractivity contribution in [3.05, 3.63) is 34.9 Å². The normalized spacial score (nSPS) is 10.7. The fourth-order valence-corrected chi connectivity index (χ4v) is 2.68. The van der Waals surface area contributed by atoms with E-state index in [1.54, 1.807) is 0 Å². The number of hydrogen-bond acceptors (Lipinski definition) is 3. The van der Waals surface area contributed by atoms with Crippen LogP contribution < -0.4 is 0 Å². The zero-order chi connectivity index (χ0) is 16.2. The first-order chi connectivity index (χ1) is 10.7. The van der Waals surface area contributed by atoms with Crippen molar-refractivity contribution in [2.24, 2.45) is 0 Å². The first-order valence-corrected chi connectivity index (χ1v) is 8.54. The van der Waals surface area contributed by atoms with E-state index in [1.807, 2.05) is 0 Å². The second-order valence-electron chi connectivity index (χ2n) is 5.87. The average Bonchev–Trinajstić information content (AvgIpc) is 2.48. The molecule has 0 saturated carbocycles. The number of hydrogen-bond donors (Lipinski definition) is 0. The van der Waals surface area contributed by atoms with Crippen LogP contribution in [0.3, 0.4) is 0 Å². The molecule has 0 spiro atoms. The van der Waals surface area contributed by atoms with Gasteiger partial charge in [0.05, 0.1) is 13.5 Å². The van der Waals surface area contributed by atoms with Crippen molar-refractivity contribution in [1.82, 2.24) is 0 Å². The summed E-state index contributed by atoms with van der Waals surface area (Å²) in [5.41, 5.74) is 3.70.